The average molecular weight is 715 g/mol. The molecule has 0 bridgehead atoms. The van der Waals surface area contributed by atoms with E-state index < -0.39 is 0 Å². The van der Waals surface area contributed by atoms with Crippen LogP contribution in [0.4, 0.5) is 0 Å². The van der Waals surface area contributed by atoms with Crippen molar-refractivity contribution >= 4 is 21.5 Å². The van der Waals surface area contributed by atoms with E-state index in [1.54, 1.807) is 0 Å². The summed E-state index contributed by atoms with van der Waals surface area (Å²) in [4.78, 5) is 20.6. The highest BCUT2D eigenvalue weighted by atomic mass is 14.9. The van der Waals surface area contributed by atoms with Gasteiger partial charge in [-0.1, -0.05) is 146 Å². The SMILES string of the molecule is c1ccc(-c2cccc(-c3cc(-c4cccc(-c5ccccc5)c4)nc(-c4cc(-c5nccc6ccccc56)cc(-c5nccc6ccccc56)c4)n3)c2)cc1. The Labute approximate surface area is 325 Å². The van der Waals surface area contributed by atoms with E-state index in [4.69, 9.17) is 19.9 Å². The molecule has 0 aliphatic carbocycles. The molecule has 0 N–H and O–H groups in total. The summed E-state index contributed by atoms with van der Waals surface area (Å²) in [5.74, 6) is 0.622. The molecular weight excluding hydrogens is 681 g/mol. The van der Waals surface area contributed by atoms with Crippen molar-refractivity contribution in [3.05, 3.63) is 207 Å². The maximum Gasteiger partial charge on any atom is 0.160 e. The maximum atomic E-state index is 5.36. The lowest BCUT2D eigenvalue weighted by Gasteiger charge is -2.14. The zero-order valence-electron chi connectivity index (χ0n) is 30.4. The first kappa shape index (κ1) is 33.0. The van der Waals surface area contributed by atoms with Gasteiger partial charge in [0.2, 0.25) is 0 Å². The van der Waals surface area contributed by atoms with Crippen LogP contribution in [-0.2, 0) is 0 Å². The monoisotopic (exact) mass is 714 g/mol. The molecule has 56 heavy (non-hydrogen) atoms. The summed E-state index contributed by atoms with van der Waals surface area (Å²) in [7, 11) is 0. The molecule has 0 unspecified atom stereocenters. The van der Waals surface area contributed by atoms with Gasteiger partial charge in [-0.3, -0.25) is 9.97 Å². The highest BCUT2D eigenvalue weighted by molar-refractivity contribution is 5.99. The fourth-order valence-electron chi connectivity index (χ4n) is 7.58. The van der Waals surface area contributed by atoms with Crippen molar-refractivity contribution in [2.45, 2.75) is 0 Å². The van der Waals surface area contributed by atoms with E-state index in [9.17, 15) is 0 Å². The van der Waals surface area contributed by atoms with Gasteiger partial charge in [-0.25, -0.2) is 9.97 Å². The summed E-state index contributed by atoms with van der Waals surface area (Å²) in [6.45, 7) is 0. The molecule has 0 radical (unpaired) electrons. The zero-order valence-corrected chi connectivity index (χ0v) is 30.4. The van der Waals surface area contributed by atoms with Gasteiger partial charge in [-0.2, -0.15) is 0 Å². The van der Waals surface area contributed by atoms with Crippen LogP contribution in [0, 0.1) is 0 Å². The van der Waals surface area contributed by atoms with Crippen LogP contribution in [0.5, 0.6) is 0 Å². The second-order valence-corrected chi connectivity index (χ2v) is 13.9. The van der Waals surface area contributed by atoms with Crippen molar-refractivity contribution in [1.29, 1.82) is 0 Å². The Morgan fingerprint density at radius 2 is 0.661 bits per heavy atom. The van der Waals surface area contributed by atoms with Crippen molar-refractivity contribution < 1.29 is 0 Å². The smallest absolute Gasteiger partial charge is 0.160 e. The van der Waals surface area contributed by atoms with E-state index >= 15 is 0 Å². The van der Waals surface area contributed by atoms with Crippen molar-refractivity contribution in [2.24, 2.45) is 0 Å². The topological polar surface area (TPSA) is 51.6 Å². The number of hydrogen-bond donors (Lipinski definition) is 0. The minimum atomic E-state index is 0.622. The maximum absolute atomic E-state index is 5.36. The van der Waals surface area contributed by atoms with Crippen LogP contribution in [0.25, 0.3) is 100 Å². The van der Waals surface area contributed by atoms with Crippen molar-refractivity contribution in [1.82, 2.24) is 19.9 Å². The molecule has 0 saturated carbocycles. The van der Waals surface area contributed by atoms with Crippen LogP contribution in [-0.4, -0.2) is 19.9 Å². The van der Waals surface area contributed by atoms with E-state index in [2.05, 4.69) is 182 Å². The fraction of sp³-hybridized carbons (Fsp3) is 0. The van der Waals surface area contributed by atoms with Crippen LogP contribution < -0.4 is 0 Å². The molecule has 262 valence electrons. The number of benzene rings is 7. The molecule has 3 heterocycles. The Hall–Kier alpha value is -7.56. The van der Waals surface area contributed by atoms with E-state index in [0.717, 1.165) is 94.4 Å². The second kappa shape index (κ2) is 14.3. The Morgan fingerprint density at radius 3 is 1.16 bits per heavy atom. The molecule has 0 fully saturated rings. The van der Waals surface area contributed by atoms with Crippen LogP contribution in [0.1, 0.15) is 0 Å². The predicted molar refractivity (Wildman–Crippen MR) is 231 cm³/mol. The summed E-state index contributed by atoms with van der Waals surface area (Å²) in [6, 6.07) is 67.7. The number of nitrogens with zero attached hydrogens (tertiary/aromatic N) is 4. The minimum Gasteiger partial charge on any atom is -0.256 e. The summed E-state index contributed by atoms with van der Waals surface area (Å²) in [5.41, 5.74) is 12.9. The standard InChI is InChI=1S/C52H34N4/c1-3-13-35(14-4-1)39-19-11-21-41(29-39)48-34-49(42-22-12-20-40(30-42)36-15-5-2-6-16-36)56-52(55-48)45-32-43(50-46-23-9-7-17-37(46)25-27-53-50)31-44(33-45)51-47-24-10-8-18-38(47)26-28-54-51/h1-34H. The summed E-state index contributed by atoms with van der Waals surface area (Å²) in [6.07, 6.45) is 3.77. The van der Waals surface area contributed by atoms with Gasteiger partial charge >= 0.3 is 0 Å². The quantitative estimate of drug-likeness (QED) is 0.165. The molecule has 4 heteroatoms. The van der Waals surface area contributed by atoms with Crippen LogP contribution in [0.3, 0.4) is 0 Å². The first-order valence-electron chi connectivity index (χ1n) is 18.8. The number of aromatic nitrogens is 4. The van der Waals surface area contributed by atoms with Gasteiger partial charge < -0.3 is 0 Å². The first-order chi connectivity index (χ1) is 27.7. The Bertz CT molecular complexity index is 2820. The van der Waals surface area contributed by atoms with E-state index in [1.807, 2.05) is 24.5 Å². The summed E-state index contributed by atoms with van der Waals surface area (Å²) < 4.78 is 0. The molecule has 7 aromatic carbocycles. The average Bonchev–Trinajstić information content (AvgIpc) is 3.29. The number of rotatable bonds is 7. The molecule has 10 rings (SSSR count). The molecule has 0 saturated heterocycles. The highest BCUT2D eigenvalue weighted by Crippen LogP contribution is 2.38. The van der Waals surface area contributed by atoms with Crippen molar-refractivity contribution in [3.63, 3.8) is 0 Å². The largest absolute Gasteiger partial charge is 0.256 e. The second-order valence-electron chi connectivity index (χ2n) is 13.9. The minimum absolute atomic E-state index is 0.622. The van der Waals surface area contributed by atoms with Gasteiger partial charge in [-0.05, 0) is 81.6 Å². The van der Waals surface area contributed by atoms with E-state index in [-0.39, 0.29) is 0 Å². The first-order valence-corrected chi connectivity index (χ1v) is 18.8. The van der Waals surface area contributed by atoms with Crippen molar-refractivity contribution in [3.8, 4) is 78.7 Å². The molecule has 3 aromatic heterocycles. The lowest BCUT2D eigenvalue weighted by molar-refractivity contribution is 1.18. The number of fused-ring (bicyclic) bond motifs is 2. The van der Waals surface area contributed by atoms with E-state index in [0.29, 0.717) is 5.82 Å². The number of pyridine rings is 2. The molecule has 10 aromatic rings. The highest BCUT2D eigenvalue weighted by Gasteiger charge is 2.17. The third-order valence-corrected chi connectivity index (χ3v) is 10.3. The van der Waals surface area contributed by atoms with E-state index in [1.165, 1.54) is 0 Å². The lowest BCUT2D eigenvalue weighted by atomic mass is 9.95. The van der Waals surface area contributed by atoms with Gasteiger partial charge in [0, 0.05) is 51.0 Å². The Morgan fingerprint density at radius 1 is 0.268 bits per heavy atom. The molecule has 0 amide bonds. The van der Waals surface area contributed by atoms with Gasteiger partial charge in [-0.15, -0.1) is 0 Å². The van der Waals surface area contributed by atoms with Gasteiger partial charge in [0.1, 0.15) is 0 Å². The Balaban J connectivity index is 1.22. The summed E-state index contributed by atoms with van der Waals surface area (Å²) in [5, 5.41) is 4.42. The molecule has 0 atom stereocenters. The van der Waals surface area contributed by atoms with Crippen LogP contribution in [0.2, 0.25) is 0 Å². The molecule has 4 nitrogen and oxygen atoms in total. The molecule has 0 aliphatic rings. The number of hydrogen-bond acceptors (Lipinski definition) is 4. The molecule has 0 spiro atoms. The predicted octanol–water partition coefficient (Wildman–Crippen LogP) is 13.2. The van der Waals surface area contributed by atoms with Crippen LogP contribution >= 0.6 is 0 Å². The van der Waals surface area contributed by atoms with Gasteiger partial charge in [0.25, 0.3) is 0 Å². The van der Waals surface area contributed by atoms with Crippen molar-refractivity contribution in [2.75, 3.05) is 0 Å². The fourth-order valence-corrected chi connectivity index (χ4v) is 7.58. The van der Waals surface area contributed by atoms with Crippen LogP contribution in [0.15, 0.2) is 207 Å². The zero-order chi connectivity index (χ0) is 37.3. The third-order valence-electron chi connectivity index (χ3n) is 10.3. The molecular formula is C52H34N4. The van der Waals surface area contributed by atoms with Gasteiger partial charge in [0.05, 0.1) is 22.8 Å². The Kier molecular flexibility index (Phi) is 8.47. The van der Waals surface area contributed by atoms with Gasteiger partial charge in [0.15, 0.2) is 5.82 Å². The normalized spacial score (nSPS) is 11.2. The lowest BCUT2D eigenvalue weighted by Crippen LogP contribution is -1.98. The third kappa shape index (κ3) is 6.40. The summed E-state index contributed by atoms with van der Waals surface area (Å²) >= 11 is 0. The molecule has 0 aliphatic heterocycles.